The zero-order chi connectivity index (χ0) is 25.0. The van der Waals surface area contributed by atoms with Crippen molar-refractivity contribution < 1.29 is 19.1 Å². The smallest absolute Gasteiger partial charge is 0.307 e. The van der Waals surface area contributed by atoms with Gasteiger partial charge in [-0.3, -0.25) is 14.4 Å². The molecule has 0 fully saturated rings. The molecule has 6 nitrogen and oxygen atoms in total. The van der Waals surface area contributed by atoms with Gasteiger partial charge in [-0.15, -0.1) is 6.58 Å². The molecule has 2 rings (SSSR count). The van der Waals surface area contributed by atoms with Crippen LogP contribution >= 0.6 is 0 Å². The highest BCUT2D eigenvalue weighted by atomic mass is 16.6. The molecule has 0 bridgehead atoms. The number of benzene rings is 2. The van der Waals surface area contributed by atoms with Crippen molar-refractivity contribution in [1.82, 2.24) is 10.6 Å². The van der Waals surface area contributed by atoms with Gasteiger partial charge in [-0.2, -0.15) is 0 Å². The van der Waals surface area contributed by atoms with Crippen LogP contribution in [0.25, 0.3) is 0 Å². The summed E-state index contributed by atoms with van der Waals surface area (Å²) < 4.78 is 5.38. The first kappa shape index (κ1) is 26.8. The summed E-state index contributed by atoms with van der Waals surface area (Å²) in [5.74, 6) is -1.75. The number of carbonyl (C=O) groups excluding carboxylic acids is 3. The molecule has 2 atom stereocenters. The molecule has 0 aromatic heterocycles. The van der Waals surface area contributed by atoms with Crippen molar-refractivity contribution in [1.29, 1.82) is 0 Å². The molecule has 182 valence electrons. The second-order valence-electron chi connectivity index (χ2n) is 9.29. The Balaban J connectivity index is 2.06. The fourth-order valence-electron chi connectivity index (χ4n) is 3.52. The number of rotatable bonds is 12. The van der Waals surface area contributed by atoms with Crippen LogP contribution in [0.3, 0.4) is 0 Å². The van der Waals surface area contributed by atoms with Crippen LogP contribution in [0.4, 0.5) is 0 Å². The molecule has 0 radical (unpaired) electrons. The lowest BCUT2D eigenvalue weighted by Gasteiger charge is -2.24. The van der Waals surface area contributed by atoms with Gasteiger partial charge in [-0.1, -0.05) is 66.7 Å². The minimum atomic E-state index is -0.767. The Labute approximate surface area is 202 Å². The Hall–Kier alpha value is -3.41. The summed E-state index contributed by atoms with van der Waals surface area (Å²) in [6.07, 6.45) is 2.86. The third kappa shape index (κ3) is 10.0. The molecule has 2 unspecified atom stereocenters. The third-order valence-corrected chi connectivity index (χ3v) is 5.13. The summed E-state index contributed by atoms with van der Waals surface area (Å²) in [5.41, 5.74) is 1.41. The fraction of sp³-hybridized carbons (Fsp3) is 0.393. The Morgan fingerprint density at radius 3 is 2.09 bits per heavy atom. The summed E-state index contributed by atoms with van der Waals surface area (Å²) in [6.45, 7) is 9.50. The zero-order valence-electron chi connectivity index (χ0n) is 20.4. The van der Waals surface area contributed by atoms with E-state index < -0.39 is 23.5 Å². The van der Waals surface area contributed by atoms with Gasteiger partial charge < -0.3 is 15.4 Å². The molecule has 0 saturated carbocycles. The first-order valence-corrected chi connectivity index (χ1v) is 11.7. The van der Waals surface area contributed by atoms with Crippen LogP contribution in [0.1, 0.15) is 44.7 Å². The highest BCUT2D eigenvalue weighted by Crippen LogP contribution is 2.16. The average Bonchev–Trinajstić information content (AvgIpc) is 2.78. The Morgan fingerprint density at radius 2 is 1.53 bits per heavy atom. The number of nitrogens with one attached hydrogen (secondary N) is 2. The summed E-state index contributed by atoms with van der Waals surface area (Å²) in [4.78, 5) is 38.4. The molecule has 2 N–H and O–H groups in total. The molecule has 2 aromatic rings. The van der Waals surface area contributed by atoms with Gasteiger partial charge in [0.1, 0.15) is 11.6 Å². The van der Waals surface area contributed by atoms with Crippen molar-refractivity contribution in [3.05, 3.63) is 84.4 Å². The fourth-order valence-corrected chi connectivity index (χ4v) is 3.52. The standard InChI is InChI=1S/C28H36N2O4/c1-5-12-23(20-25(31)34-28(2,3)4)26(32)30-24(19-22-15-10-7-11-16-22)27(33)29-18-17-21-13-8-6-9-14-21/h5-11,13-16,23-24H,1,12,17-20H2,2-4H3,(H,29,33)(H,30,32). The molecule has 0 heterocycles. The quantitative estimate of drug-likeness (QED) is 0.367. The molecule has 0 aliphatic heterocycles. The van der Waals surface area contributed by atoms with Crippen LogP contribution < -0.4 is 10.6 Å². The molecule has 0 spiro atoms. The lowest BCUT2D eigenvalue weighted by atomic mass is 9.98. The van der Waals surface area contributed by atoms with E-state index >= 15 is 0 Å². The van der Waals surface area contributed by atoms with Crippen LogP contribution in [0.2, 0.25) is 0 Å². The minimum Gasteiger partial charge on any atom is -0.460 e. The molecule has 2 amide bonds. The lowest BCUT2D eigenvalue weighted by Crippen LogP contribution is -2.50. The summed E-state index contributed by atoms with van der Waals surface area (Å²) in [6, 6.07) is 18.6. The van der Waals surface area contributed by atoms with Crippen LogP contribution in [-0.4, -0.2) is 36.0 Å². The first-order valence-electron chi connectivity index (χ1n) is 11.7. The van der Waals surface area contributed by atoms with E-state index in [0.717, 1.165) is 11.1 Å². The molecular weight excluding hydrogens is 428 g/mol. The van der Waals surface area contributed by atoms with Gasteiger partial charge in [0.05, 0.1) is 12.3 Å². The maximum atomic E-state index is 13.1. The number of amides is 2. The molecule has 34 heavy (non-hydrogen) atoms. The third-order valence-electron chi connectivity index (χ3n) is 5.13. The largest absolute Gasteiger partial charge is 0.460 e. The Morgan fingerprint density at radius 1 is 0.941 bits per heavy atom. The summed E-state index contributed by atoms with van der Waals surface area (Å²) in [7, 11) is 0. The SMILES string of the molecule is C=CCC(CC(=O)OC(C)(C)C)C(=O)NC(Cc1ccccc1)C(=O)NCCc1ccccc1. The van der Waals surface area contributed by atoms with Crippen molar-refractivity contribution in [3.8, 4) is 0 Å². The van der Waals surface area contributed by atoms with E-state index in [1.54, 1.807) is 26.8 Å². The monoisotopic (exact) mass is 464 g/mol. The highest BCUT2D eigenvalue weighted by Gasteiger charge is 2.28. The van der Waals surface area contributed by atoms with Crippen LogP contribution in [-0.2, 0) is 32.0 Å². The second kappa shape index (κ2) is 13.3. The average molecular weight is 465 g/mol. The summed E-state index contributed by atoms with van der Waals surface area (Å²) in [5, 5.41) is 5.79. The van der Waals surface area contributed by atoms with E-state index in [2.05, 4.69) is 17.2 Å². The molecule has 2 aromatic carbocycles. The molecule has 0 aliphatic carbocycles. The first-order chi connectivity index (χ1) is 16.2. The van der Waals surface area contributed by atoms with E-state index in [1.807, 2.05) is 60.7 Å². The van der Waals surface area contributed by atoms with Crippen molar-refractivity contribution >= 4 is 17.8 Å². The van der Waals surface area contributed by atoms with E-state index in [9.17, 15) is 14.4 Å². The molecular formula is C28H36N2O4. The maximum absolute atomic E-state index is 13.1. The van der Waals surface area contributed by atoms with E-state index in [0.29, 0.717) is 25.8 Å². The minimum absolute atomic E-state index is 0.0805. The molecule has 6 heteroatoms. The van der Waals surface area contributed by atoms with Gasteiger partial charge in [0, 0.05) is 13.0 Å². The highest BCUT2D eigenvalue weighted by molar-refractivity contribution is 5.90. The molecule has 0 saturated heterocycles. The van der Waals surface area contributed by atoms with E-state index in [1.165, 1.54) is 0 Å². The zero-order valence-corrected chi connectivity index (χ0v) is 20.4. The number of carbonyl (C=O) groups is 3. The number of esters is 1. The lowest BCUT2D eigenvalue weighted by molar-refractivity contribution is -0.157. The van der Waals surface area contributed by atoms with Crippen molar-refractivity contribution in [2.24, 2.45) is 5.92 Å². The summed E-state index contributed by atoms with van der Waals surface area (Å²) >= 11 is 0. The van der Waals surface area contributed by atoms with Crippen molar-refractivity contribution in [3.63, 3.8) is 0 Å². The van der Waals surface area contributed by atoms with Gasteiger partial charge in [0.25, 0.3) is 0 Å². The number of ether oxygens (including phenoxy) is 1. The number of hydrogen-bond donors (Lipinski definition) is 2. The maximum Gasteiger partial charge on any atom is 0.307 e. The van der Waals surface area contributed by atoms with Crippen LogP contribution in [0, 0.1) is 5.92 Å². The van der Waals surface area contributed by atoms with Crippen molar-refractivity contribution in [2.45, 2.75) is 58.1 Å². The Bertz CT molecular complexity index is 936. The Kier molecular flexibility index (Phi) is 10.5. The van der Waals surface area contributed by atoms with Crippen LogP contribution in [0.5, 0.6) is 0 Å². The number of allylic oxidation sites excluding steroid dienone is 1. The second-order valence-corrected chi connectivity index (χ2v) is 9.29. The normalized spacial score (nSPS) is 12.8. The van der Waals surface area contributed by atoms with Crippen LogP contribution in [0.15, 0.2) is 73.3 Å². The van der Waals surface area contributed by atoms with Crippen molar-refractivity contribution in [2.75, 3.05) is 6.54 Å². The van der Waals surface area contributed by atoms with Gasteiger partial charge in [0.15, 0.2) is 0 Å². The topological polar surface area (TPSA) is 84.5 Å². The predicted molar refractivity (Wildman–Crippen MR) is 134 cm³/mol. The van der Waals surface area contributed by atoms with Gasteiger partial charge in [-0.25, -0.2) is 0 Å². The van der Waals surface area contributed by atoms with E-state index in [4.69, 9.17) is 4.74 Å². The van der Waals surface area contributed by atoms with Gasteiger partial charge in [0.2, 0.25) is 11.8 Å². The predicted octanol–water partition coefficient (Wildman–Crippen LogP) is 4.00. The van der Waals surface area contributed by atoms with Gasteiger partial charge >= 0.3 is 5.97 Å². The molecule has 0 aliphatic rings. The van der Waals surface area contributed by atoms with Gasteiger partial charge in [-0.05, 0) is 44.7 Å². The number of hydrogen-bond acceptors (Lipinski definition) is 4. The van der Waals surface area contributed by atoms with E-state index in [-0.39, 0.29) is 18.2 Å².